The molecule has 0 aromatic carbocycles. The van der Waals surface area contributed by atoms with E-state index in [1.165, 1.54) is 0 Å². The van der Waals surface area contributed by atoms with Crippen molar-refractivity contribution in [2.45, 2.75) is 27.7 Å². The maximum Gasteiger partial charge on any atom is 0.0558 e. The predicted octanol–water partition coefficient (Wildman–Crippen LogP) is 0.259. The lowest BCUT2D eigenvalue weighted by molar-refractivity contribution is 0.151. The quantitative estimate of drug-likeness (QED) is 0.394. The molecule has 0 amide bonds. The van der Waals surface area contributed by atoms with Crippen LogP contribution < -0.4 is 0 Å². The molecule has 0 unspecified atom stereocenters. The molecule has 146 valence electrons. The van der Waals surface area contributed by atoms with E-state index in [2.05, 4.69) is 47.3 Å². The van der Waals surface area contributed by atoms with Gasteiger partial charge in [0.05, 0.1) is 13.2 Å². The van der Waals surface area contributed by atoms with Gasteiger partial charge in [-0.15, -0.1) is 0 Å². The number of rotatable bonds is 17. The number of hydrogen-bond donors (Lipinski definition) is 2. The summed E-state index contributed by atoms with van der Waals surface area (Å²) in [5, 5.41) is 18.2. The summed E-state index contributed by atoms with van der Waals surface area (Å²) in [6.07, 6.45) is 0. The Kier molecular flexibility index (Phi) is 16.1. The largest absolute Gasteiger partial charge is 0.395 e. The van der Waals surface area contributed by atoms with E-state index in [0.29, 0.717) is 0 Å². The Hall–Kier alpha value is -0.240. The van der Waals surface area contributed by atoms with Crippen molar-refractivity contribution < 1.29 is 10.2 Å². The Morgan fingerprint density at radius 1 is 0.417 bits per heavy atom. The molecule has 0 aromatic rings. The summed E-state index contributed by atoms with van der Waals surface area (Å²) in [7, 11) is 0. The molecule has 0 spiro atoms. The van der Waals surface area contributed by atoms with E-state index in [1.54, 1.807) is 0 Å². The van der Waals surface area contributed by atoms with Crippen molar-refractivity contribution in [1.29, 1.82) is 0 Å². The van der Waals surface area contributed by atoms with Gasteiger partial charge in [0.25, 0.3) is 0 Å². The summed E-state index contributed by atoms with van der Waals surface area (Å²) >= 11 is 0. The molecule has 2 N–H and O–H groups in total. The van der Waals surface area contributed by atoms with E-state index in [0.717, 1.165) is 78.5 Å². The topological polar surface area (TPSA) is 53.4 Å². The first-order chi connectivity index (χ1) is 11.6. The minimum Gasteiger partial charge on any atom is -0.395 e. The lowest BCUT2D eigenvalue weighted by atomic mass is 10.3. The Bertz CT molecular complexity index is 243. The molecule has 0 aliphatic carbocycles. The van der Waals surface area contributed by atoms with E-state index in [1.807, 2.05) is 0 Å². The molecule has 0 radical (unpaired) electrons. The average Bonchev–Trinajstić information content (AvgIpc) is 2.61. The third-order valence-corrected chi connectivity index (χ3v) is 4.82. The minimum absolute atomic E-state index is 0.241. The van der Waals surface area contributed by atoms with Gasteiger partial charge < -0.3 is 29.8 Å². The normalized spacial score (nSPS) is 12.2. The number of aliphatic hydroxyl groups is 2. The molecular weight excluding hydrogens is 304 g/mol. The second-order valence-electron chi connectivity index (χ2n) is 6.18. The Morgan fingerprint density at radius 3 is 0.792 bits per heavy atom. The van der Waals surface area contributed by atoms with Crippen LogP contribution in [-0.2, 0) is 0 Å². The molecule has 0 fully saturated rings. The maximum absolute atomic E-state index is 9.08. The van der Waals surface area contributed by atoms with E-state index in [-0.39, 0.29) is 13.2 Å². The first-order valence-electron chi connectivity index (χ1n) is 9.76. The van der Waals surface area contributed by atoms with Crippen LogP contribution in [0, 0.1) is 0 Å². The number of hydrogen-bond acceptors (Lipinski definition) is 6. The van der Waals surface area contributed by atoms with E-state index >= 15 is 0 Å². The van der Waals surface area contributed by atoms with Gasteiger partial charge in [-0.1, -0.05) is 27.7 Å². The lowest BCUT2D eigenvalue weighted by Crippen LogP contribution is -2.42. The van der Waals surface area contributed by atoms with Gasteiger partial charge in [-0.25, -0.2) is 0 Å². The zero-order chi connectivity index (χ0) is 18.2. The molecule has 0 aliphatic heterocycles. The Labute approximate surface area is 150 Å². The van der Waals surface area contributed by atoms with Gasteiger partial charge in [0.15, 0.2) is 0 Å². The predicted molar refractivity (Wildman–Crippen MR) is 103 cm³/mol. The van der Waals surface area contributed by atoms with E-state index in [9.17, 15) is 0 Å². The van der Waals surface area contributed by atoms with Crippen LogP contribution >= 0.6 is 0 Å². The van der Waals surface area contributed by atoms with Crippen molar-refractivity contribution in [2.24, 2.45) is 0 Å². The first-order valence-corrected chi connectivity index (χ1v) is 9.76. The minimum atomic E-state index is 0.241. The van der Waals surface area contributed by atoms with Gasteiger partial charge in [0.2, 0.25) is 0 Å². The van der Waals surface area contributed by atoms with Crippen molar-refractivity contribution in [2.75, 3.05) is 91.8 Å². The standard InChI is InChI=1S/C18H42N4O2/c1-5-19(11-13-21(7-3)15-17-23)9-10-20(6-2)12-14-22(8-4)16-18-24/h23-24H,5-18H2,1-4H3. The third-order valence-electron chi connectivity index (χ3n) is 4.82. The SMILES string of the molecule is CCN(CCO)CCN(CC)CCN(CC)CCN(CC)CCO. The molecule has 24 heavy (non-hydrogen) atoms. The molecule has 0 saturated heterocycles. The first kappa shape index (κ1) is 23.8. The lowest BCUT2D eigenvalue weighted by Gasteiger charge is -2.29. The van der Waals surface area contributed by atoms with Gasteiger partial charge in [0, 0.05) is 52.4 Å². The van der Waals surface area contributed by atoms with Gasteiger partial charge in [-0.05, 0) is 26.2 Å². The third kappa shape index (κ3) is 11.3. The second-order valence-corrected chi connectivity index (χ2v) is 6.18. The molecule has 0 saturated carbocycles. The smallest absolute Gasteiger partial charge is 0.0558 e. The van der Waals surface area contributed by atoms with Crippen LogP contribution in [0.2, 0.25) is 0 Å². The fourth-order valence-corrected chi connectivity index (χ4v) is 2.84. The van der Waals surface area contributed by atoms with Crippen LogP contribution in [0.4, 0.5) is 0 Å². The molecule has 0 heterocycles. The van der Waals surface area contributed by atoms with Crippen LogP contribution in [0.1, 0.15) is 27.7 Å². The van der Waals surface area contributed by atoms with Crippen molar-refractivity contribution in [3.8, 4) is 0 Å². The molecule has 0 rings (SSSR count). The average molecular weight is 347 g/mol. The van der Waals surface area contributed by atoms with E-state index < -0.39 is 0 Å². The molecular formula is C18H42N4O2. The summed E-state index contributed by atoms with van der Waals surface area (Å²) in [5.41, 5.74) is 0. The highest BCUT2D eigenvalue weighted by atomic mass is 16.3. The Balaban J connectivity index is 4.12. The number of likely N-dealkylation sites (N-methyl/N-ethyl adjacent to an activating group) is 4. The highest BCUT2D eigenvalue weighted by molar-refractivity contribution is 4.66. The Morgan fingerprint density at radius 2 is 0.625 bits per heavy atom. The monoisotopic (exact) mass is 346 g/mol. The van der Waals surface area contributed by atoms with Crippen LogP contribution in [-0.4, -0.2) is 122 Å². The van der Waals surface area contributed by atoms with Crippen LogP contribution in [0.5, 0.6) is 0 Å². The fraction of sp³-hybridized carbons (Fsp3) is 1.00. The van der Waals surface area contributed by atoms with Gasteiger partial charge in [0.1, 0.15) is 0 Å². The maximum atomic E-state index is 9.08. The molecule has 6 nitrogen and oxygen atoms in total. The molecule has 0 atom stereocenters. The molecule has 6 heteroatoms. The highest BCUT2D eigenvalue weighted by Gasteiger charge is 2.10. The number of nitrogens with zero attached hydrogens (tertiary/aromatic N) is 4. The molecule has 0 aliphatic rings. The molecule has 0 bridgehead atoms. The van der Waals surface area contributed by atoms with Crippen LogP contribution in [0.25, 0.3) is 0 Å². The van der Waals surface area contributed by atoms with E-state index in [4.69, 9.17) is 10.2 Å². The summed E-state index contributed by atoms with van der Waals surface area (Å²) in [6.45, 7) is 21.3. The van der Waals surface area contributed by atoms with Crippen molar-refractivity contribution >= 4 is 0 Å². The van der Waals surface area contributed by atoms with Crippen molar-refractivity contribution in [3.05, 3.63) is 0 Å². The summed E-state index contributed by atoms with van der Waals surface area (Å²) in [6, 6.07) is 0. The van der Waals surface area contributed by atoms with Gasteiger partial charge in [-0.3, -0.25) is 0 Å². The van der Waals surface area contributed by atoms with Crippen molar-refractivity contribution in [1.82, 2.24) is 19.6 Å². The fourth-order valence-electron chi connectivity index (χ4n) is 2.84. The summed E-state index contributed by atoms with van der Waals surface area (Å²) in [4.78, 5) is 9.59. The summed E-state index contributed by atoms with van der Waals surface area (Å²) in [5.74, 6) is 0. The van der Waals surface area contributed by atoms with Crippen LogP contribution in [0.3, 0.4) is 0 Å². The van der Waals surface area contributed by atoms with Crippen molar-refractivity contribution in [3.63, 3.8) is 0 Å². The zero-order valence-corrected chi connectivity index (χ0v) is 16.6. The van der Waals surface area contributed by atoms with Crippen LogP contribution in [0.15, 0.2) is 0 Å². The van der Waals surface area contributed by atoms with Gasteiger partial charge in [-0.2, -0.15) is 0 Å². The number of aliphatic hydroxyl groups excluding tert-OH is 2. The molecule has 0 aromatic heterocycles. The van der Waals surface area contributed by atoms with Gasteiger partial charge >= 0.3 is 0 Å². The zero-order valence-electron chi connectivity index (χ0n) is 16.6. The summed E-state index contributed by atoms with van der Waals surface area (Å²) < 4.78 is 0. The second kappa shape index (κ2) is 16.2. The highest BCUT2D eigenvalue weighted by Crippen LogP contribution is 1.97.